The minimum atomic E-state index is -3.64. The minimum absolute atomic E-state index is 0.359. The fourth-order valence-electron chi connectivity index (χ4n) is 4.17. The van der Waals surface area contributed by atoms with Crippen molar-refractivity contribution in [1.29, 1.82) is 0 Å². The monoisotopic (exact) mass is 501 g/mol. The summed E-state index contributed by atoms with van der Waals surface area (Å²) in [6.07, 6.45) is 1.69. The van der Waals surface area contributed by atoms with Gasteiger partial charge in [0, 0.05) is 37.6 Å². The lowest BCUT2D eigenvalue weighted by Crippen LogP contribution is -2.46. The van der Waals surface area contributed by atoms with E-state index in [-0.39, 0.29) is 5.69 Å². The van der Waals surface area contributed by atoms with Crippen LogP contribution < -0.4 is 20.2 Å². The first-order valence-corrected chi connectivity index (χ1v) is 13.3. The smallest absolute Gasteiger partial charge is 0.350 e. The average Bonchev–Trinajstić information content (AvgIpc) is 3.24. The summed E-state index contributed by atoms with van der Waals surface area (Å²) >= 11 is 0. The van der Waals surface area contributed by atoms with Gasteiger partial charge in [0.15, 0.2) is 0 Å². The van der Waals surface area contributed by atoms with Crippen molar-refractivity contribution in [3.05, 3.63) is 65.3 Å². The number of nitrogens with zero attached hydrogens (tertiary/aromatic N) is 5. The molecule has 2 aromatic carbocycles. The van der Waals surface area contributed by atoms with E-state index in [0.29, 0.717) is 5.69 Å². The van der Waals surface area contributed by atoms with Crippen molar-refractivity contribution in [2.24, 2.45) is 0 Å². The van der Waals surface area contributed by atoms with E-state index in [1.807, 2.05) is 36.4 Å². The summed E-state index contributed by atoms with van der Waals surface area (Å²) in [6.45, 7) is 6.89. The number of aromatic nitrogens is 3. The molecule has 0 N–H and O–H groups in total. The molecule has 0 bridgehead atoms. The van der Waals surface area contributed by atoms with Crippen molar-refractivity contribution >= 4 is 21.5 Å². The highest BCUT2D eigenvalue weighted by molar-refractivity contribution is 7.86. The maximum absolute atomic E-state index is 12.9. The van der Waals surface area contributed by atoms with Crippen LogP contribution in [0.3, 0.4) is 0 Å². The molecule has 0 saturated carbocycles. The molecule has 0 radical (unpaired) electrons. The standard InChI is InChI=1S/C24H31N5O5S/c1-18(19(2)34-35(4,31)32)29-24(30)28(17-25-29)22-7-5-20(6-8-22)26-13-15-27(16-14-26)21-9-11-23(33-3)12-10-21/h5-12,17-19H,13-16H2,1-4H3/t18-,19+/m0/s1. The lowest BCUT2D eigenvalue weighted by molar-refractivity contribution is 0.163. The zero-order valence-electron chi connectivity index (χ0n) is 20.4. The van der Waals surface area contributed by atoms with Crippen LogP contribution in [-0.2, 0) is 14.3 Å². The number of anilines is 2. The summed E-state index contributed by atoms with van der Waals surface area (Å²) in [7, 11) is -1.97. The van der Waals surface area contributed by atoms with E-state index in [9.17, 15) is 13.2 Å². The Bertz CT molecular complexity index is 1290. The molecule has 0 unspecified atom stereocenters. The number of hydrogen-bond acceptors (Lipinski definition) is 8. The molecule has 3 aromatic rings. The Morgan fingerprint density at radius 1 is 0.857 bits per heavy atom. The Morgan fingerprint density at radius 2 is 1.34 bits per heavy atom. The molecule has 35 heavy (non-hydrogen) atoms. The van der Waals surface area contributed by atoms with Gasteiger partial charge in [0.1, 0.15) is 12.1 Å². The third kappa shape index (κ3) is 5.68. The summed E-state index contributed by atoms with van der Waals surface area (Å²) < 4.78 is 35.8. The van der Waals surface area contributed by atoms with Gasteiger partial charge in [-0.15, -0.1) is 0 Å². The van der Waals surface area contributed by atoms with Gasteiger partial charge in [-0.25, -0.2) is 14.0 Å². The van der Waals surface area contributed by atoms with E-state index in [0.717, 1.165) is 43.9 Å². The highest BCUT2D eigenvalue weighted by Gasteiger charge is 2.23. The van der Waals surface area contributed by atoms with Crippen molar-refractivity contribution in [1.82, 2.24) is 14.3 Å². The summed E-state index contributed by atoms with van der Waals surface area (Å²) in [4.78, 5) is 17.6. The number of rotatable bonds is 8. The van der Waals surface area contributed by atoms with Crippen molar-refractivity contribution in [2.75, 3.05) is 49.3 Å². The first kappa shape index (κ1) is 24.8. The molecule has 188 valence electrons. The lowest BCUT2D eigenvalue weighted by atomic mass is 10.2. The average molecular weight is 502 g/mol. The Kier molecular flexibility index (Phi) is 7.18. The Balaban J connectivity index is 1.41. The fraction of sp³-hybridized carbons (Fsp3) is 0.417. The Morgan fingerprint density at radius 3 is 1.83 bits per heavy atom. The van der Waals surface area contributed by atoms with Crippen LogP contribution >= 0.6 is 0 Å². The van der Waals surface area contributed by atoms with Gasteiger partial charge in [-0.2, -0.15) is 13.5 Å². The molecule has 4 rings (SSSR count). The first-order valence-electron chi connectivity index (χ1n) is 11.4. The number of methoxy groups -OCH3 is 1. The maximum Gasteiger partial charge on any atom is 0.350 e. The second kappa shape index (κ2) is 10.1. The predicted octanol–water partition coefficient (Wildman–Crippen LogP) is 2.29. The number of piperazine rings is 1. The fourth-order valence-corrected chi connectivity index (χ4v) is 4.88. The van der Waals surface area contributed by atoms with E-state index in [2.05, 4.69) is 27.0 Å². The molecule has 2 atom stereocenters. The Labute approximate surface area is 205 Å². The topological polar surface area (TPSA) is 98.9 Å². The third-order valence-electron chi connectivity index (χ3n) is 6.30. The molecule has 10 nitrogen and oxygen atoms in total. The van der Waals surface area contributed by atoms with Gasteiger partial charge in [0.25, 0.3) is 10.1 Å². The largest absolute Gasteiger partial charge is 0.497 e. The van der Waals surface area contributed by atoms with Crippen molar-refractivity contribution < 1.29 is 17.3 Å². The van der Waals surface area contributed by atoms with Gasteiger partial charge in [0.05, 0.1) is 31.2 Å². The highest BCUT2D eigenvalue weighted by Crippen LogP contribution is 2.23. The molecule has 1 aliphatic rings. The zero-order chi connectivity index (χ0) is 25.2. The first-order chi connectivity index (χ1) is 16.7. The van der Waals surface area contributed by atoms with Crippen LogP contribution in [-0.4, -0.2) is 68.4 Å². The number of benzene rings is 2. The van der Waals surface area contributed by atoms with Gasteiger partial charge in [0.2, 0.25) is 0 Å². The zero-order valence-corrected chi connectivity index (χ0v) is 21.2. The summed E-state index contributed by atoms with van der Waals surface area (Å²) in [5, 5.41) is 4.17. The van der Waals surface area contributed by atoms with E-state index in [1.54, 1.807) is 21.0 Å². The molecule has 1 fully saturated rings. The van der Waals surface area contributed by atoms with Gasteiger partial charge >= 0.3 is 5.69 Å². The molecule has 0 aliphatic carbocycles. The second-order valence-electron chi connectivity index (χ2n) is 8.66. The highest BCUT2D eigenvalue weighted by atomic mass is 32.2. The predicted molar refractivity (Wildman–Crippen MR) is 135 cm³/mol. The van der Waals surface area contributed by atoms with Gasteiger partial charge in [-0.05, 0) is 62.4 Å². The van der Waals surface area contributed by atoms with Gasteiger partial charge in [-0.3, -0.25) is 4.18 Å². The lowest BCUT2D eigenvalue weighted by Gasteiger charge is -2.37. The molecule has 1 saturated heterocycles. The molecule has 0 spiro atoms. The number of hydrogen-bond donors (Lipinski definition) is 0. The van der Waals surface area contributed by atoms with Crippen LogP contribution in [0.4, 0.5) is 11.4 Å². The minimum Gasteiger partial charge on any atom is -0.497 e. The summed E-state index contributed by atoms with van der Waals surface area (Å²) in [5.41, 5.74) is 2.60. The van der Waals surface area contributed by atoms with Crippen LogP contribution in [0.2, 0.25) is 0 Å². The molecular formula is C24H31N5O5S. The van der Waals surface area contributed by atoms with E-state index in [1.165, 1.54) is 21.3 Å². The Hall–Kier alpha value is -3.31. The molecule has 0 amide bonds. The molecule has 1 aliphatic heterocycles. The van der Waals surface area contributed by atoms with E-state index >= 15 is 0 Å². The van der Waals surface area contributed by atoms with E-state index in [4.69, 9.17) is 8.92 Å². The van der Waals surface area contributed by atoms with Crippen LogP contribution in [0.5, 0.6) is 5.75 Å². The van der Waals surface area contributed by atoms with Crippen LogP contribution in [0.15, 0.2) is 59.7 Å². The molecule has 11 heteroatoms. The molecular weight excluding hydrogens is 470 g/mol. The van der Waals surface area contributed by atoms with E-state index < -0.39 is 22.3 Å². The summed E-state index contributed by atoms with van der Waals surface area (Å²) in [5.74, 6) is 0.850. The molecule has 1 aromatic heterocycles. The molecule has 2 heterocycles. The quantitative estimate of drug-likeness (QED) is 0.434. The number of ether oxygens (including phenoxy) is 1. The van der Waals surface area contributed by atoms with Crippen molar-refractivity contribution in [3.8, 4) is 11.4 Å². The van der Waals surface area contributed by atoms with Crippen LogP contribution in [0.25, 0.3) is 5.69 Å². The van der Waals surface area contributed by atoms with Gasteiger partial charge < -0.3 is 14.5 Å². The van der Waals surface area contributed by atoms with Crippen molar-refractivity contribution in [2.45, 2.75) is 26.0 Å². The SMILES string of the molecule is COc1ccc(N2CCN(c3ccc(-n4cnn([C@@H](C)[C@@H](C)OS(C)(=O)=O)c4=O)cc3)CC2)cc1. The van der Waals surface area contributed by atoms with Crippen LogP contribution in [0, 0.1) is 0 Å². The second-order valence-corrected chi connectivity index (χ2v) is 10.3. The summed E-state index contributed by atoms with van der Waals surface area (Å²) in [6, 6.07) is 15.3. The third-order valence-corrected chi connectivity index (χ3v) is 6.95. The normalized spacial score (nSPS) is 16.2. The van der Waals surface area contributed by atoms with Crippen LogP contribution in [0.1, 0.15) is 19.9 Å². The van der Waals surface area contributed by atoms with Crippen molar-refractivity contribution in [3.63, 3.8) is 0 Å². The maximum atomic E-state index is 12.9. The van der Waals surface area contributed by atoms with Gasteiger partial charge in [-0.1, -0.05) is 0 Å².